The molecule has 0 aromatic carbocycles. The highest BCUT2D eigenvalue weighted by atomic mass is 15.4. The van der Waals surface area contributed by atoms with Crippen LogP contribution in [0.25, 0.3) is 0 Å². The lowest BCUT2D eigenvalue weighted by Gasteiger charge is -2.12. The molecule has 3 nitrogen and oxygen atoms in total. The molecule has 0 unspecified atom stereocenters. The Morgan fingerprint density at radius 1 is 1.20 bits per heavy atom. The smallest absolute Gasteiger partial charge is 0.0859 e. The first-order valence-electron chi connectivity index (χ1n) is 6.18. The van der Waals surface area contributed by atoms with Gasteiger partial charge in [-0.15, -0.1) is 5.10 Å². The van der Waals surface area contributed by atoms with Crippen molar-refractivity contribution < 1.29 is 0 Å². The summed E-state index contributed by atoms with van der Waals surface area (Å²) in [4.78, 5) is 0. The van der Waals surface area contributed by atoms with Gasteiger partial charge < -0.3 is 0 Å². The maximum Gasteiger partial charge on any atom is 0.0859 e. The molecule has 0 radical (unpaired) electrons. The van der Waals surface area contributed by atoms with E-state index in [0.717, 1.165) is 18.3 Å². The maximum absolute atomic E-state index is 4.35. The number of nitrogens with zero attached hydrogens (tertiary/aromatic N) is 3. The molecule has 1 fully saturated rings. The molecule has 1 aromatic rings. The van der Waals surface area contributed by atoms with E-state index < -0.39 is 0 Å². The topological polar surface area (TPSA) is 30.7 Å². The summed E-state index contributed by atoms with van der Waals surface area (Å²) in [5.41, 5.74) is 2.68. The average Bonchev–Trinajstić information content (AvgIpc) is 2.78. The van der Waals surface area contributed by atoms with Crippen molar-refractivity contribution in [3.8, 4) is 0 Å². The molecule has 0 N–H and O–H groups in total. The second kappa shape index (κ2) is 3.32. The Balaban J connectivity index is 1.90. The predicted molar refractivity (Wildman–Crippen MR) is 58.6 cm³/mol. The Morgan fingerprint density at radius 3 is 2.67 bits per heavy atom. The highest BCUT2D eigenvalue weighted by molar-refractivity contribution is 5.14. The molecule has 1 aromatic heterocycles. The molecular weight excluding hydrogens is 186 g/mol. The zero-order valence-corrected chi connectivity index (χ0v) is 9.61. The van der Waals surface area contributed by atoms with Crippen LogP contribution >= 0.6 is 0 Å². The molecule has 2 atom stereocenters. The minimum absolute atomic E-state index is 0.454. The average molecular weight is 205 g/mol. The molecule has 0 amide bonds. The lowest BCUT2D eigenvalue weighted by molar-refractivity contribution is 0.481. The van der Waals surface area contributed by atoms with E-state index >= 15 is 0 Å². The first-order chi connectivity index (χ1) is 7.25. The second-order valence-corrected chi connectivity index (χ2v) is 5.35. The molecule has 82 valence electrons. The van der Waals surface area contributed by atoms with Gasteiger partial charge in [0.25, 0.3) is 0 Å². The minimum atomic E-state index is 0.454. The molecular formula is C12H19N3. The quantitative estimate of drug-likeness (QED) is 0.704. The SMILES string of the molecule is CC(C)n1nnc2c1CC[C@@H]1C[C@@H]1CC2. The van der Waals surface area contributed by atoms with Crippen molar-refractivity contribution >= 4 is 0 Å². The Labute approximate surface area is 90.9 Å². The van der Waals surface area contributed by atoms with Crippen LogP contribution in [-0.2, 0) is 12.8 Å². The zero-order valence-electron chi connectivity index (χ0n) is 9.61. The van der Waals surface area contributed by atoms with Crippen LogP contribution in [0.5, 0.6) is 0 Å². The predicted octanol–water partition coefficient (Wildman–Crippen LogP) is 2.37. The minimum Gasteiger partial charge on any atom is -0.247 e. The zero-order chi connectivity index (χ0) is 10.4. The van der Waals surface area contributed by atoms with Crippen molar-refractivity contribution in [1.82, 2.24) is 15.0 Å². The molecule has 0 saturated heterocycles. The van der Waals surface area contributed by atoms with Gasteiger partial charge in [-0.25, -0.2) is 4.68 Å². The first-order valence-corrected chi connectivity index (χ1v) is 6.18. The number of aryl methyl sites for hydroxylation is 1. The van der Waals surface area contributed by atoms with Crippen molar-refractivity contribution in [2.75, 3.05) is 0 Å². The van der Waals surface area contributed by atoms with E-state index in [1.54, 1.807) is 0 Å². The van der Waals surface area contributed by atoms with E-state index in [-0.39, 0.29) is 0 Å². The van der Waals surface area contributed by atoms with Gasteiger partial charge in [0.15, 0.2) is 0 Å². The molecule has 0 aliphatic heterocycles. The number of hydrogen-bond donors (Lipinski definition) is 0. The van der Waals surface area contributed by atoms with Gasteiger partial charge >= 0.3 is 0 Å². The van der Waals surface area contributed by atoms with Crippen LogP contribution in [0.2, 0.25) is 0 Å². The Kier molecular flexibility index (Phi) is 2.08. The van der Waals surface area contributed by atoms with Gasteiger partial charge in [-0.1, -0.05) is 5.21 Å². The molecule has 1 saturated carbocycles. The maximum atomic E-state index is 4.35. The number of aromatic nitrogens is 3. The molecule has 0 spiro atoms. The summed E-state index contributed by atoms with van der Waals surface area (Å²) in [6.45, 7) is 4.38. The van der Waals surface area contributed by atoms with Gasteiger partial charge in [0.2, 0.25) is 0 Å². The van der Waals surface area contributed by atoms with Gasteiger partial charge in [0, 0.05) is 6.04 Å². The molecule has 2 aliphatic carbocycles. The van der Waals surface area contributed by atoms with Crippen LogP contribution in [0.15, 0.2) is 0 Å². The largest absolute Gasteiger partial charge is 0.247 e. The van der Waals surface area contributed by atoms with E-state index in [4.69, 9.17) is 0 Å². The monoisotopic (exact) mass is 205 g/mol. The van der Waals surface area contributed by atoms with Crippen LogP contribution in [0.3, 0.4) is 0 Å². The lowest BCUT2D eigenvalue weighted by Crippen LogP contribution is -2.10. The highest BCUT2D eigenvalue weighted by Crippen LogP contribution is 2.46. The molecule has 2 aliphatic rings. The van der Waals surface area contributed by atoms with Crippen LogP contribution in [0, 0.1) is 11.8 Å². The molecule has 1 heterocycles. The Bertz CT molecular complexity index is 367. The molecule has 0 bridgehead atoms. The van der Waals surface area contributed by atoms with Crippen LogP contribution in [0.1, 0.15) is 50.5 Å². The summed E-state index contributed by atoms with van der Waals surface area (Å²) in [5.74, 6) is 2.04. The molecule has 3 heteroatoms. The fourth-order valence-electron chi connectivity index (χ4n) is 2.88. The highest BCUT2D eigenvalue weighted by Gasteiger charge is 2.38. The summed E-state index contributed by atoms with van der Waals surface area (Å²) >= 11 is 0. The van der Waals surface area contributed by atoms with Crippen molar-refractivity contribution in [2.45, 2.75) is 52.0 Å². The summed E-state index contributed by atoms with van der Waals surface area (Å²) in [6, 6.07) is 0.454. The summed E-state index contributed by atoms with van der Waals surface area (Å²) in [7, 11) is 0. The fourth-order valence-corrected chi connectivity index (χ4v) is 2.88. The lowest BCUT2D eigenvalue weighted by atomic mass is 10.0. The summed E-state index contributed by atoms with van der Waals surface area (Å²) < 4.78 is 2.12. The standard InChI is InChI=1S/C12H19N3/c1-8(2)15-12-6-4-10-7-9(10)3-5-11(12)13-14-15/h8-10H,3-7H2,1-2H3/t9-,10+/m0/s1. The Hall–Kier alpha value is -0.860. The second-order valence-electron chi connectivity index (χ2n) is 5.35. The van der Waals surface area contributed by atoms with Gasteiger partial charge in [0.1, 0.15) is 0 Å². The number of fused-ring (bicyclic) bond motifs is 2. The first kappa shape index (κ1) is 9.37. The number of hydrogen-bond acceptors (Lipinski definition) is 2. The fraction of sp³-hybridized carbons (Fsp3) is 0.833. The van der Waals surface area contributed by atoms with Crippen LogP contribution in [0.4, 0.5) is 0 Å². The van der Waals surface area contributed by atoms with E-state index in [1.165, 1.54) is 37.1 Å². The van der Waals surface area contributed by atoms with Crippen LogP contribution < -0.4 is 0 Å². The third-order valence-corrected chi connectivity index (χ3v) is 3.93. The molecule has 15 heavy (non-hydrogen) atoms. The van der Waals surface area contributed by atoms with Crippen molar-refractivity contribution in [3.05, 3.63) is 11.4 Å². The van der Waals surface area contributed by atoms with Crippen molar-refractivity contribution in [3.63, 3.8) is 0 Å². The van der Waals surface area contributed by atoms with Crippen LogP contribution in [-0.4, -0.2) is 15.0 Å². The Morgan fingerprint density at radius 2 is 1.93 bits per heavy atom. The van der Waals surface area contributed by atoms with E-state index in [9.17, 15) is 0 Å². The van der Waals surface area contributed by atoms with Crippen molar-refractivity contribution in [2.24, 2.45) is 11.8 Å². The molecule has 3 rings (SSSR count). The van der Waals surface area contributed by atoms with Gasteiger partial charge in [-0.05, 0) is 57.8 Å². The van der Waals surface area contributed by atoms with Gasteiger partial charge in [0.05, 0.1) is 11.4 Å². The van der Waals surface area contributed by atoms with E-state index in [2.05, 4.69) is 28.8 Å². The van der Waals surface area contributed by atoms with Gasteiger partial charge in [-0.2, -0.15) is 0 Å². The summed E-state index contributed by atoms with van der Waals surface area (Å²) in [6.07, 6.45) is 6.52. The number of rotatable bonds is 1. The normalized spacial score (nSPS) is 29.3. The van der Waals surface area contributed by atoms with Gasteiger partial charge in [-0.3, -0.25) is 0 Å². The van der Waals surface area contributed by atoms with E-state index in [1.807, 2.05) is 0 Å². The van der Waals surface area contributed by atoms with E-state index in [0.29, 0.717) is 6.04 Å². The third kappa shape index (κ3) is 1.58. The summed E-state index contributed by atoms with van der Waals surface area (Å²) in [5, 5.41) is 8.63. The third-order valence-electron chi connectivity index (χ3n) is 3.93. The van der Waals surface area contributed by atoms with Crippen molar-refractivity contribution in [1.29, 1.82) is 0 Å².